The molecule has 1 aromatic rings. The molecule has 27 heavy (non-hydrogen) atoms. The van der Waals surface area contributed by atoms with E-state index in [1.165, 1.54) is 0 Å². The number of benzene rings is 1. The predicted molar refractivity (Wildman–Crippen MR) is 64.4 cm³/mol. The monoisotopic (exact) mass is 418 g/mol. The SMILES string of the molecule is OB(O)Oc1cc(C(F)(F)F)c(C(F)(F)F)c(C(F)(F)F)c1C(F)(F)F.[LiH]. The van der Waals surface area contributed by atoms with Crippen LogP contribution in [0.3, 0.4) is 0 Å². The average Bonchev–Trinajstić information content (AvgIpc) is 2.31. The molecule has 0 aromatic heterocycles. The van der Waals surface area contributed by atoms with Crippen molar-refractivity contribution in [1.29, 1.82) is 0 Å². The molecule has 150 valence electrons. The van der Waals surface area contributed by atoms with Gasteiger partial charge in [-0.25, -0.2) is 0 Å². The molecule has 1 rings (SSSR count). The fraction of sp³-hybridized carbons (Fsp3) is 0.400. The molecule has 0 amide bonds. The van der Waals surface area contributed by atoms with Gasteiger partial charge < -0.3 is 14.7 Å². The second kappa shape index (κ2) is 7.65. The van der Waals surface area contributed by atoms with Crippen LogP contribution >= 0.6 is 0 Å². The molecule has 0 heterocycles. The average molecular weight is 418 g/mol. The number of hydrogen-bond donors (Lipinski definition) is 2. The predicted octanol–water partition coefficient (Wildman–Crippen LogP) is 3.46. The van der Waals surface area contributed by atoms with Gasteiger partial charge in [0.25, 0.3) is 0 Å². The van der Waals surface area contributed by atoms with Crippen LogP contribution in [0.25, 0.3) is 0 Å². The normalized spacial score (nSPS) is 13.3. The topological polar surface area (TPSA) is 49.7 Å². The first-order valence-corrected chi connectivity index (χ1v) is 5.80. The molecular weight excluding hydrogens is 414 g/mol. The van der Waals surface area contributed by atoms with Crippen LogP contribution in [0.4, 0.5) is 52.7 Å². The summed E-state index contributed by atoms with van der Waals surface area (Å²) >= 11 is 0. The van der Waals surface area contributed by atoms with Crippen LogP contribution in [0.1, 0.15) is 22.3 Å². The minimum absolute atomic E-state index is 0. The Morgan fingerprint density at radius 1 is 0.630 bits per heavy atom. The quantitative estimate of drug-likeness (QED) is 0.572. The third-order valence-electron chi connectivity index (χ3n) is 2.68. The summed E-state index contributed by atoms with van der Waals surface area (Å²) in [7, 11) is -3.35. The number of hydrogen-bond acceptors (Lipinski definition) is 3. The third-order valence-corrected chi connectivity index (χ3v) is 2.68. The summed E-state index contributed by atoms with van der Waals surface area (Å²) < 4.78 is 158. The molecule has 0 bridgehead atoms. The van der Waals surface area contributed by atoms with Gasteiger partial charge in [-0.3, -0.25) is 0 Å². The Bertz CT molecular complexity index is 676. The van der Waals surface area contributed by atoms with Crippen molar-refractivity contribution in [3.05, 3.63) is 28.3 Å². The van der Waals surface area contributed by atoms with E-state index in [4.69, 9.17) is 10.0 Å². The molecule has 0 radical (unpaired) electrons. The molecule has 0 saturated heterocycles. The summed E-state index contributed by atoms with van der Waals surface area (Å²) in [4.78, 5) is 0. The fourth-order valence-electron chi connectivity index (χ4n) is 1.95. The van der Waals surface area contributed by atoms with E-state index in [-0.39, 0.29) is 18.9 Å². The van der Waals surface area contributed by atoms with E-state index >= 15 is 0 Å². The van der Waals surface area contributed by atoms with Crippen LogP contribution in [-0.4, -0.2) is 36.2 Å². The zero-order valence-corrected chi connectivity index (χ0v) is 11.5. The second-order valence-electron chi connectivity index (χ2n) is 4.48. The summed E-state index contributed by atoms with van der Waals surface area (Å²) in [5, 5.41) is 16.8. The van der Waals surface area contributed by atoms with Gasteiger partial charge in [-0.1, -0.05) is 0 Å². The van der Waals surface area contributed by atoms with Crippen molar-refractivity contribution in [3.8, 4) is 5.75 Å². The van der Waals surface area contributed by atoms with Crippen molar-refractivity contribution in [2.45, 2.75) is 24.7 Å². The van der Waals surface area contributed by atoms with E-state index in [0.717, 1.165) is 0 Å². The van der Waals surface area contributed by atoms with Crippen LogP contribution in [0.5, 0.6) is 5.75 Å². The van der Waals surface area contributed by atoms with Crippen LogP contribution in [0.2, 0.25) is 0 Å². The summed E-state index contributed by atoms with van der Waals surface area (Å²) in [6.07, 6.45) is -25.5. The van der Waals surface area contributed by atoms with Gasteiger partial charge in [-0.2, -0.15) is 52.7 Å². The Kier molecular flexibility index (Phi) is 7.30. The van der Waals surface area contributed by atoms with Crippen molar-refractivity contribution in [3.63, 3.8) is 0 Å². The van der Waals surface area contributed by atoms with Crippen molar-refractivity contribution in [2.24, 2.45) is 0 Å². The van der Waals surface area contributed by atoms with Gasteiger partial charge in [0, 0.05) is 0 Å². The molecule has 0 aliphatic rings. The maximum absolute atomic E-state index is 12.9. The molecule has 0 aliphatic heterocycles. The van der Waals surface area contributed by atoms with Crippen LogP contribution in [0.15, 0.2) is 6.07 Å². The molecular formula is C10H4BF12LiO3. The first kappa shape index (κ1) is 25.8. The minimum atomic E-state index is -6.56. The standard InChI is InChI=1S/C10H3BF12O3.Li.H/c12-7(13,14)2-1-3(26-11(24)25)5(9(18,19)20)6(10(21,22)23)4(2)8(15,16)17;;/h1,24-25H;;. The van der Waals surface area contributed by atoms with E-state index < -0.39 is 66.1 Å². The summed E-state index contributed by atoms with van der Waals surface area (Å²) in [5.41, 5.74) is -13.8. The number of rotatable bonds is 2. The molecule has 0 spiro atoms. The summed E-state index contributed by atoms with van der Waals surface area (Å²) in [5.74, 6) is -2.50. The van der Waals surface area contributed by atoms with Gasteiger partial charge in [0.05, 0.1) is 16.7 Å². The maximum atomic E-state index is 12.9. The van der Waals surface area contributed by atoms with Gasteiger partial charge in [0.2, 0.25) is 0 Å². The third kappa shape index (κ3) is 5.87. The molecule has 0 unspecified atom stereocenters. The Balaban J connectivity index is 0.00000676. The molecule has 2 N–H and O–H groups in total. The fourth-order valence-corrected chi connectivity index (χ4v) is 1.95. The van der Waals surface area contributed by atoms with Crippen molar-refractivity contribution < 1.29 is 67.4 Å². The van der Waals surface area contributed by atoms with Crippen molar-refractivity contribution >= 4 is 26.2 Å². The van der Waals surface area contributed by atoms with Gasteiger partial charge in [-0.05, 0) is 6.07 Å². The molecule has 3 nitrogen and oxygen atoms in total. The molecule has 0 fully saturated rings. The van der Waals surface area contributed by atoms with E-state index in [9.17, 15) is 52.7 Å². The Morgan fingerprint density at radius 2 is 1.00 bits per heavy atom. The summed E-state index contributed by atoms with van der Waals surface area (Å²) in [6.45, 7) is 0. The molecule has 0 aliphatic carbocycles. The molecule has 0 atom stereocenters. The van der Waals surface area contributed by atoms with Gasteiger partial charge in [0.1, 0.15) is 11.3 Å². The van der Waals surface area contributed by atoms with Crippen LogP contribution < -0.4 is 4.65 Å². The summed E-state index contributed by atoms with van der Waals surface area (Å²) in [6, 6.07) is -1.04. The van der Waals surface area contributed by atoms with Gasteiger partial charge in [-0.15, -0.1) is 0 Å². The molecule has 17 heteroatoms. The molecule has 0 saturated carbocycles. The Morgan fingerprint density at radius 3 is 1.26 bits per heavy atom. The van der Waals surface area contributed by atoms with Crippen molar-refractivity contribution in [2.75, 3.05) is 0 Å². The van der Waals surface area contributed by atoms with Gasteiger partial charge in [0.15, 0.2) is 0 Å². The Hall–Kier alpha value is -1.24. The second-order valence-corrected chi connectivity index (χ2v) is 4.48. The molecule has 1 aromatic carbocycles. The van der Waals surface area contributed by atoms with E-state index in [1.54, 1.807) is 0 Å². The zero-order valence-electron chi connectivity index (χ0n) is 11.5. The van der Waals surface area contributed by atoms with E-state index in [1.807, 2.05) is 0 Å². The van der Waals surface area contributed by atoms with Crippen LogP contribution in [0, 0.1) is 0 Å². The first-order chi connectivity index (χ1) is 11.3. The van der Waals surface area contributed by atoms with E-state index in [0.29, 0.717) is 0 Å². The first-order valence-electron chi connectivity index (χ1n) is 5.80. The Labute approximate surface area is 153 Å². The number of halogens is 12. The zero-order chi connectivity index (χ0) is 20.9. The van der Waals surface area contributed by atoms with Crippen molar-refractivity contribution in [1.82, 2.24) is 0 Å². The number of alkyl halides is 12. The van der Waals surface area contributed by atoms with E-state index in [2.05, 4.69) is 4.65 Å². The van der Waals surface area contributed by atoms with Crippen LogP contribution in [-0.2, 0) is 24.7 Å². The van der Waals surface area contributed by atoms with Gasteiger partial charge >= 0.3 is 50.9 Å².